The molecule has 5 heteroatoms. The van der Waals surface area contributed by atoms with Crippen molar-refractivity contribution in [2.24, 2.45) is 0 Å². The predicted octanol–water partition coefficient (Wildman–Crippen LogP) is 3.15. The number of hydrogen-bond donors (Lipinski definition) is 1. The molecule has 0 amide bonds. The molecule has 2 aliphatic rings. The van der Waals surface area contributed by atoms with E-state index in [1.54, 1.807) is 0 Å². The van der Waals surface area contributed by atoms with Crippen molar-refractivity contribution in [1.29, 1.82) is 0 Å². The molecular formula is C15H25N3OS. The van der Waals surface area contributed by atoms with E-state index in [9.17, 15) is 0 Å². The fourth-order valence-electron chi connectivity index (χ4n) is 3.19. The first-order valence-electron chi connectivity index (χ1n) is 8.05. The largest absolute Gasteiger partial charge is 0.339 e. The normalized spacial score (nSPS) is 26.1. The van der Waals surface area contributed by atoms with Gasteiger partial charge in [-0.3, -0.25) is 0 Å². The van der Waals surface area contributed by atoms with Crippen molar-refractivity contribution < 1.29 is 4.52 Å². The molecule has 1 unspecified atom stereocenters. The van der Waals surface area contributed by atoms with E-state index in [4.69, 9.17) is 4.52 Å². The maximum absolute atomic E-state index is 5.48. The second-order valence-electron chi connectivity index (χ2n) is 6.02. The van der Waals surface area contributed by atoms with Crippen molar-refractivity contribution >= 4 is 11.8 Å². The van der Waals surface area contributed by atoms with E-state index in [-0.39, 0.29) is 0 Å². The third-order valence-electron chi connectivity index (χ3n) is 4.37. The van der Waals surface area contributed by atoms with E-state index in [1.807, 2.05) is 11.8 Å². The molecule has 0 aromatic carbocycles. The summed E-state index contributed by atoms with van der Waals surface area (Å²) in [7, 11) is 0. The number of rotatable bonds is 3. The molecule has 0 radical (unpaired) electrons. The number of nitrogens with one attached hydrogen (secondary N) is 1. The van der Waals surface area contributed by atoms with Crippen molar-refractivity contribution in [3.63, 3.8) is 0 Å². The molecule has 1 aromatic rings. The standard InChI is InChI=1S/C15H25N3OS/c1-2-4-6-12(7-5-3-1)15-17-14(19-18-15)10-13-11-20-9-8-16-13/h12-13,16H,1-11H2. The van der Waals surface area contributed by atoms with Gasteiger partial charge in [0.15, 0.2) is 5.82 Å². The summed E-state index contributed by atoms with van der Waals surface area (Å²) < 4.78 is 5.48. The minimum absolute atomic E-state index is 0.499. The fourth-order valence-corrected chi connectivity index (χ4v) is 4.14. The molecule has 0 spiro atoms. The lowest BCUT2D eigenvalue weighted by molar-refractivity contribution is 0.350. The Labute approximate surface area is 125 Å². The molecular weight excluding hydrogens is 270 g/mol. The third kappa shape index (κ3) is 3.98. The summed E-state index contributed by atoms with van der Waals surface area (Å²) in [6.45, 7) is 1.10. The van der Waals surface area contributed by atoms with Crippen LogP contribution in [0.25, 0.3) is 0 Å². The van der Waals surface area contributed by atoms with E-state index in [2.05, 4.69) is 15.5 Å². The molecule has 20 heavy (non-hydrogen) atoms. The molecule has 1 aromatic heterocycles. The molecule has 1 atom stereocenters. The second kappa shape index (κ2) is 7.46. The molecule has 2 heterocycles. The van der Waals surface area contributed by atoms with Crippen LogP contribution in [-0.4, -0.2) is 34.2 Å². The summed E-state index contributed by atoms with van der Waals surface area (Å²) in [5, 5.41) is 7.78. The highest BCUT2D eigenvalue weighted by Gasteiger charge is 2.21. The molecule has 112 valence electrons. The van der Waals surface area contributed by atoms with Crippen LogP contribution in [-0.2, 0) is 6.42 Å². The van der Waals surface area contributed by atoms with Gasteiger partial charge in [0, 0.05) is 36.4 Å². The summed E-state index contributed by atoms with van der Waals surface area (Å²) in [6, 6.07) is 0.499. The number of nitrogens with zero attached hydrogens (tertiary/aromatic N) is 2. The Kier molecular flexibility index (Phi) is 5.36. The lowest BCUT2D eigenvalue weighted by Gasteiger charge is -2.21. The topological polar surface area (TPSA) is 51.0 Å². The van der Waals surface area contributed by atoms with Gasteiger partial charge >= 0.3 is 0 Å². The van der Waals surface area contributed by atoms with E-state index < -0.39 is 0 Å². The van der Waals surface area contributed by atoms with Gasteiger partial charge in [0.1, 0.15) is 0 Å². The van der Waals surface area contributed by atoms with E-state index >= 15 is 0 Å². The Morgan fingerprint density at radius 1 is 1.15 bits per heavy atom. The fraction of sp³-hybridized carbons (Fsp3) is 0.867. The lowest BCUT2D eigenvalue weighted by Crippen LogP contribution is -2.38. The predicted molar refractivity (Wildman–Crippen MR) is 82.2 cm³/mol. The Hall–Kier alpha value is -0.550. The van der Waals surface area contributed by atoms with E-state index in [0.29, 0.717) is 12.0 Å². The average molecular weight is 295 g/mol. The van der Waals surface area contributed by atoms with Gasteiger partial charge in [-0.15, -0.1) is 0 Å². The van der Waals surface area contributed by atoms with E-state index in [1.165, 1.54) is 50.7 Å². The smallest absolute Gasteiger partial charge is 0.228 e. The molecule has 4 nitrogen and oxygen atoms in total. The van der Waals surface area contributed by atoms with Crippen LogP contribution in [0.3, 0.4) is 0 Å². The van der Waals surface area contributed by atoms with Gasteiger partial charge in [0.2, 0.25) is 5.89 Å². The Morgan fingerprint density at radius 3 is 2.70 bits per heavy atom. The molecule has 0 bridgehead atoms. The first-order chi connectivity index (χ1) is 9.92. The summed E-state index contributed by atoms with van der Waals surface area (Å²) in [6.07, 6.45) is 10.1. The molecule has 2 fully saturated rings. The number of aromatic nitrogens is 2. The van der Waals surface area contributed by atoms with Crippen LogP contribution in [0.1, 0.15) is 62.6 Å². The van der Waals surface area contributed by atoms with Crippen LogP contribution in [0.4, 0.5) is 0 Å². The summed E-state index contributed by atoms with van der Waals surface area (Å²) in [5.74, 6) is 4.68. The molecule has 1 aliphatic heterocycles. The average Bonchev–Trinajstić information content (AvgIpc) is 2.88. The quantitative estimate of drug-likeness (QED) is 0.928. The first kappa shape index (κ1) is 14.4. The van der Waals surface area contributed by atoms with Crippen molar-refractivity contribution in [1.82, 2.24) is 15.5 Å². The third-order valence-corrected chi connectivity index (χ3v) is 5.50. The number of hydrogen-bond acceptors (Lipinski definition) is 5. The maximum Gasteiger partial charge on any atom is 0.228 e. The van der Waals surface area contributed by atoms with Crippen LogP contribution < -0.4 is 5.32 Å². The molecule has 1 saturated heterocycles. The van der Waals surface area contributed by atoms with Crippen LogP contribution in [0.2, 0.25) is 0 Å². The van der Waals surface area contributed by atoms with Crippen molar-refractivity contribution in [3.8, 4) is 0 Å². The van der Waals surface area contributed by atoms with E-state index in [0.717, 1.165) is 30.4 Å². The Balaban J connectivity index is 1.57. The summed E-state index contributed by atoms with van der Waals surface area (Å²) in [5.41, 5.74) is 0. The second-order valence-corrected chi connectivity index (χ2v) is 7.17. The highest BCUT2D eigenvalue weighted by molar-refractivity contribution is 7.99. The van der Waals surface area contributed by atoms with Crippen LogP contribution in [0, 0.1) is 0 Å². The highest BCUT2D eigenvalue weighted by atomic mass is 32.2. The zero-order valence-electron chi connectivity index (χ0n) is 12.1. The minimum Gasteiger partial charge on any atom is -0.339 e. The summed E-state index contributed by atoms with van der Waals surface area (Å²) in [4.78, 5) is 4.67. The van der Waals surface area contributed by atoms with Gasteiger partial charge in [-0.1, -0.05) is 37.3 Å². The zero-order valence-corrected chi connectivity index (χ0v) is 13.0. The molecule has 1 saturated carbocycles. The zero-order chi connectivity index (χ0) is 13.6. The lowest BCUT2D eigenvalue weighted by atomic mass is 9.91. The Morgan fingerprint density at radius 2 is 1.95 bits per heavy atom. The van der Waals surface area contributed by atoms with Gasteiger partial charge in [0.25, 0.3) is 0 Å². The maximum atomic E-state index is 5.48. The number of thioether (sulfide) groups is 1. The highest BCUT2D eigenvalue weighted by Crippen LogP contribution is 2.29. The Bertz CT molecular complexity index is 396. The van der Waals surface area contributed by atoms with Gasteiger partial charge < -0.3 is 9.84 Å². The summed E-state index contributed by atoms with van der Waals surface area (Å²) >= 11 is 2.01. The molecule has 1 N–H and O–H groups in total. The monoisotopic (exact) mass is 295 g/mol. The van der Waals surface area contributed by atoms with Gasteiger partial charge in [-0.05, 0) is 12.8 Å². The van der Waals surface area contributed by atoms with Crippen molar-refractivity contribution in [2.45, 2.75) is 63.3 Å². The van der Waals surface area contributed by atoms with Gasteiger partial charge in [-0.2, -0.15) is 16.7 Å². The first-order valence-corrected chi connectivity index (χ1v) is 9.21. The SMILES string of the molecule is C1CCCC(c2noc(CC3CSCCN3)n2)CCC1. The van der Waals surface area contributed by atoms with Crippen LogP contribution in [0.5, 0.6) is 0 Å². The van der Waals surface area contributed by atoms with Crippen LogP contribution in [0.15, 0.2) is 4.52 Å². The van der Waals surface area contributed by atoms with Gasteiger partial charge in [0.05, 0.1) is 0 Å². The minimum atomic E-state index is 0.499. The van der Waals surface area contributed by atoms with Crippen molar-refractivity contribution in [2.75, 3.05) is 18.1 Å². The van der Waals surface area contributed by atoms with Crippen molar-refractivity contribution in [3.05, 3.63) is 11.7 Å². The molecule has 3 rings (SSSR count). The molecule has 1 aliphatic carbocycles. The van der Waals surface area contributed by atoms with Crippen LogP contribution >= 0.6 is 11.8 Å². The van der Waals surface area contributed by atoms with Gasteiger partial charge in [-0.25, -0.2) is 0 Å².